The van der Waals surface area contributed by atoms with Gasteiger partial charge >= 0.3 is 5.97 Å². The number of pyridine rings is 2. The van der Waals surface area contributed by atoms with Gasteiger partial charge in [0, 0.05) is 36.2 Å². The number of anilines is 1. The van der Waals surface area contributed by atoms with E-state index >= 15 is 0 Å². The van der Waals surface area contributed by atoms with Crippen molar-refractivity contribution in [3.05, 3.63) is 30.7 Å². The molecule has 1 atom stereocenters. The molecule has 1 fully saturated rings. The molecular formula is C13H13N3O2. The van der Waals surface area contributed by atoms with Crippen molar-refractivity contribution in [2.45, 2.75) is 18.9 Å². The molecule has 1 aliphatic rings. The quantitative estimate of drug-likeness (QED) is 0.869. The van der Waals surface area contributed by atoms with Crippen LogP contribution in [0.15, 0.2) is 30.7 Å². The van der Waals surface area contributed by atoms with Gasteiger partial charge < -0.3 is 10.0 Å². The Labute approximate surface area is 104 Å². The standard InChI is InChI=1S/C13H13N3O2/c17-13(18)12-2-1-7-16(12)11-4-6-15-10-3-5-14-8-9(10)11/h3-6,8,12H,1-2,7H2,(H,17,18)/t12-/m0/s1. The molecule has 3 heterocycles. The van der Waals surface area contributed by atoms with E-state index in [2.05, 4.69) is 9.97 Å². The molecule has 92 valence electrons. The number of aliphatic carboxylic acids is 1. The van der Waals surface area contributed by atoms with Gasteiger partial charge in [-0.25, -0.2) is 4.79 Å². The zero-order chi connectivity index (χ0) is 12.5. The minimum Gasteiger partial charge on any atom is -0.480 e. The number of fused-ring (bicyclic) bond motifs is 1. The van der Waals surface area contributed by atoms with Gasteiger partial charge in [0.25, 0.3) is 0 Å². The Morgan fingerprint density at radius 1 is 1.39 bits per heavy atom. The van der Waals surface area contributed by atoms with Crippen LogP contribution in [-0.4, -0.2) is 33.6 Å². The number of carboxylic acids is 1. The number of hydrogen-bond donors (Lipinski definition) is 1. The molecule has 2 aromatic rings. The summed E-state index contributed by atoms with van der Waals surface area (Å²) in [7, 11) is 0. The highest BCUT2D eigenvalue weighted by Gasteiger charge is 2.31. The third kappa shape index (κ3) is 1.68. The van der Waals surface area contributed by atoms with E-state index in [4.69, 9.17) is 0 Å². The molecule has 3 rings (SSSR count). The van der Waals surface area contributed by atoms with Crippen LogP contribution in [0.2, 0.25) is 0 Å². The SMILES string of the molecule is O=C(O)[C@@H]1CCCN1c1ccnc2ccncc12. The van der Waals surface area contributed by atoms with E-state index in [0.717, 1.165) is 29.6 Å². The lowest BCUT2D eigenvalue weighted by molar-refractivity contribution is -0.138. The van der Waals surface area contributed by atoms with Crippen LogP contribution >= 0.6 is 0 Å². The molecule has 5 nitrogen and oxygen atoms in total. The normalized spacial score (nSPS) is 19.3. The first kappa shape index (κ1) is 11.0. The molecule has 0 amide bonds. The lowest BCUT2D eigenvalue weighted by Gasteiger charge is -2.24. The fraction of sp³-hybridized carbons (Fsp3) is 0.308. The second-order valence-electron chi connectivity index (χ2n) is 4.41. The van der Waals surface area contributed by atoms with Crippen molar-refractivity contribution in [1.29, 1.82) is 0 Å². The summed E-state index contributed by atoms with van der Waals surface area (Å²) < 4.78 is 0. The van der Waals surface area contributed by atoms with Gasteiger partial charge in [-0.1, -0.05) is 0 Å². The summed E-state index contributed by atoms with van der Waals surface area (Å²) in [4.78, 5) is 21.6. The molecule has 1 N–H and O–H groups in total. The second kappa shape index (κ2) is 4.25. The van der Waals surface area contributed by atoms with Crippen LogP contribution in [0.25, 0.3) is 10.9 Å². The molecule has 0 saturated carbocycles. The lowest BCUT2D eigenvalue weighted by Crippen LogP contribution is -2.36. The molecule has 0 aromatic carbocycles. The van der Waals surface area contributed by atoms with Crippen molar-refractivity contribution < 1.29 is 9.90 Å². The van der Waals surface area contributed by atoms with Crippen molar-refractivity contribution in [2.24, 2.45) is 0 Å². The minimum absolute atomic E-state index is 0.434. The van der Waals surface area contributed by atoms with Gasteiger partial charge in [-0.2, -0.15) is 0 Å². The maximum atomic E-state index is 11.2. The van der Waals surface area contributed by atoms with Gasteiger partial charge in [0.1, 0.15) is 6.04 Å². The second-order valence-corrected chi connectivity index (χ2v) is 4.41. The Bertz CT molecular complexity index is 594. The fourth-order valence-corrected chi connectivity index (χ4v) is 2.54. The molecule has 0 bridgehead atoms. The maximum absolute atomic E-state index is 11.2. The van der Waals surface area contributed by atoms with E-state index in [1.54, 1.807) is 18.6 Å². The Balaban J connectivity index is 2.11. The van der Waals surface area contributed by atoms with Crippen molar-refractivity contribution in [2.75, 3.05) is 11.4 Å². The van der Waals surface area contributed by atoms with E-state index < -0.39 is 12.0 Å². The summed E-state index contributed by atoms with van der Waals surface area (Å²) in [6.45, 7) is 0.769. The summed E-state index contributed by atoms with van der Waals surface area (Å²) >= 11 is 0. The lowest BCUT2D eigenvalue weighted by atomic mass is 10.2. The predicted octanol–water partition coefficient (Wildman–Crippen LogP) is 1.68. The number of nitrogens with zero attached hydrogens (tertiary/aromatic N) is 3. The average Bonchev–Trinajstić information content (AvgIpc) is 2.87. The highest BCUT2D eigenvalue weighted by molar-refractivity contribution is 5.93. The Morgan fingerprint density at radius 3 is 3.11 bits per heavy atom. The molecule has 0 unspecified atom stereocenters. The average molecular weight is 243 g/mol. The first-order valence-electron chi connectivity index (χ1n) is 5.95. The molecule has 0 radical (unpaired) electrons. The van der Waals surface area contributed by atoms with Gasteiger partial charge in [0.2, 0.25) is 0 Å². The van der Waals surface area contributed by atoms with Crippen LogP contribution in [0, 0.1) is 0 Å². The van der Waals surface area contributed by atoms with Crippen LogP contribution in [0.3, 0.4) is 0 Å². The van der Waals surface area contributed by atoms with E-state index in [-0.39, 0.29) is 0 Å². The Hall–Kier alpha value is -2.17. The first-order chi connectivity index (χ1) is 8.77. The zero-order valence-electron chi connectivity index (χ0n) is 9.78. The maximum Gasteiger partial charge on any atom is 0.326 e. The minimum atomic E-state index is -0.763. The number of rotatable bonds is 2. The Morgan fingerprint density at radius 2 is 2.28 bits per heavy atom. The third-order valence-corrected chi connectivity index (χ3v) is 3.37. The molecule has 1 aliphatic heterocycles. The van der Waals surface area contributed by atoms with Crippen molar-refractivity contribution in [3.8, 4) is 0 Å². The van der Waals surface area contributed by atoms with Gasteiger partial charge in [0.15, 0.2) is 0 Å². The number of carbonyl (C=O) groups is 1. The third-order valence-electron chi connectivity index (χ3n) is 3.37. The van der Waals surface area contributed by atoms with E-state index in [9.17, 15) is 9.90 Å². The molecule has 18 heavy (non-hydrogen) atoms. The molecule has 1 saturated heterocycles. The summed E-state index contributed by atoms with van der Waals surface area (Å²) in [6, 6.07) is 3.27. The highest BCUT2D eigenvalue weighted by Crippen LogP contribution is 2.30. The van der Waals surface area contributed by atoms with Crippen LogP contribution < -0.4 is 4.90 Å². The highest BCUT2D eigenvalue weighted by atomic mass is 16.4. The number of hydrogen-bond acceptors (Lipinski definition) is 4. The molecule has 5 heteroatoms. The molecule has 2 aromatic heterocycles. The summed E-state index contributed by atoms with van der Waals surface area (Å²) in [5.74, 6) is -0.763. The zero-order valence-corrected chi connectivity index (χ0v) is 9.78. The fourth-order valence-electron chi connectivity index (χ4n) is 2.54. The van der Waals surface area contributed by atoms with Gasteiger partial charge in [-0.15, -0.1) is 0 Å². The van der Waals surface area contributed by atoms with Crippen molar-refractivity contribution in [3.63, 3.8) is 0 Å². The number of aromatic nitrogens is 2. The van der Waals surface area contributed by atoms with E-state index in [1.807, 2.05) is 17.0 Å². The molecule has 0 aliphatic carbocycles. The first-order valence-corrected chi connectivity index (χ1v) is 5.95. The smallest absolute Gasteiger partial charge is 0.326 e. The van der Waals surface area contributed by atoms with E-state index in [0.29, 0.717) is 6.42 Å². The predicted molar refractivity (Wildman–Crippen MR) is 67.5 cm³/mol. The van der Waals surface area contributed by atoms with Crippen molar-refractivity contribution in [1.82, 2.24) is 9.97 Å². The van der Waals surface area contributed by atoms with Crippen LogP contribution in [-0.2, 0) is 4.79 Å². The summed E-state index contributed by atoms with van der Waals surface area (Å²) in [6.07, 6.45) is 6.75. The van der Waals surface area contributed by atoms with Gasteiger partial charge in [0.05, 0.1) is 5.52 Å². The van der Waals surface area contributed by atoms with Crippen LogP contribution in [0.5, 0.6) is 0 Å². The number of carboxylic acid groups (broad SMARTS) is 1. The summed E-state index contributed by atoms with van der Waals surface area (Å²) in [5, 5.41) is 10.2. The molecular weight excluding hydrogens is 230 g/mol. The van der Waals surface area contributed by atoms with E-state index in [1.165, 1.54) is 0 Å². The molecule has 0 spiro atoms. The van der Waals surface area contributed by atoms with Crippen LogP contribution in [0.1, 0.15) is 12.8 Å². The van der Waals surface area contributed by atoms with Crippen LogP contribution in [0.4, 0.5) is 5.69 Å². The monoisotopic (exact) mass is 243 g/mol. The van der Waals surface area contributed by atoms with Gasteiger partial charge in [-0.3, -0.25) is 9.97 Å². The topological polar surface area (TPSA) is 66.3 Å². The van der Waals surface area contributed by atoms with Gasteiger partial charge in [-0.05, 0) is 25.0 Å². The van der Waals surface area contributed by atoms with Crippen molar-refractivity contribution >= 4 is 22.6 Å². The largest absolute Gasteiger partial charge is 0.480 e. The Kier molecular flexibility index (Phi) is 2.59. The summed E-state index contributed by atoms with van der Waals surface area (Å²) in [5.41, 5.74) is 1.76.